The minimum absolute atomic E-state index is 0.00660. The number of nitrogens with zero attached hydrogens (tertiary/aromatic N) is 1. The molecule has 148 valence electrons. The highest BCUT2D eigenvalue weighted by molar-refractivity contribution is 5.94. The molecule has 1 aliphatic heterocycles. The summed E-state index contributed by atoms with van der Waals surface area (Å²) in [6.45, 7) is 1.18. The van der Waals surface area contributed by atoms with E-state index in [2.05, 4.69) is 10.6 Å². The van der Waals surface area contributed by atoms with Crippen LogP contribution in [-0.2, 0) is 0 Å². The van der Waals surface area contributed by atoms with Crippen LogP contribution < -0.4 is 15.4 Å². The molecule has 3 rings (SSSR count). The van der Waals surface area contributed by atoms with Crippen LogP contribution in [0.15, 0.2) is 18.2 Å². The topological polar surface area (TPSA) is 70.7 Å². The summed E-state index contributed by atoms with van der Waals surface area (Å²) in [4.78, 5) is 26.5. The Morgan fingerprint density at radius 1 is 1.04 bits per heavy atom. The number of carbonyl (C=O) groups is 2. The Kier molecular flexibility index (Phi) is 6.53. The number of nitrogens with one attached hydrogen (secondary N) is 2. The largest absolute Gasteiger partial charge is 0.497 e. The Morgan fingerprint density at radius 2 is 1.70 bits per heavy atom. The summed E-state index contributed by atoms with van der Waals surface area (Å²) in [5.41, 5.74) is 0.00766. The van der Waals surface area contributed by atoms with Gasteiger partial charge in [0.2, 0.25) is 0 Å². The van der Waals surface area contributed by atoms with Crippen LogP contribution in [0.25, 0.3) is 0 Å². The van der Waals surface area contributed by atoms with Crippen molar-refractivity contribution in [3.63, 3.8) is 0 Å². The summed E-state index contributed by atoms with van der Waals surface area (Å²) in [7, 11) is 1.45. The Hall–Kier alpha value is -2.31. The molecule has 1 saturated heterocycles. The van der Waals surface area contributed by atoms with Crippen molar-refractivity contribution >= 4 is 11.9 Å². The van der Waals surface area contributed by atoms with Crippen molar-refractivity contribution in [3.05, 3.63) is 29.6 Å². The quantitative estimate of drug-likeness (QED) is 0.847. The zero-order valence-corrected chi connectivity index (χ0v) is 15.8. The first-order valence-electron chi connectivity index (χ1n) is 9.76. The van der Waals surface area contributed by atoms with Gasteiger partial charge in [-0.2, -0.15) is 0 Å². The molecule has 1 saturated carbocycles. The first kappa shape index (κ1) is 19.5. The molecule has 3 amide bonds. The smallest absolute Gasteiger partial charge is 0.317 e. The van der Waals surface area contributed by atoms with E-state index in [9.17, 15) is 14.0 Å². The van der Waals surface area contributed by atoms with Gasteiger partial charge >= 0.3 is 6.03 Å². The molecule has 0 spiro atoms. The predicted octanol–water partition coefficient (Wildman–Crippen LogP) is 3.07. The Morgan fingerprint density at radius 3 is 2.33 bits per heavy atom. The van der Waals surface area contributed by atoms with E-state index in [0.717, 1.165) is 12.8 Å². The van der Waals surface area contributed by atoms with E-state index in [-0.39, 0.29) is 17.6 Å². The van der Waals surface area contributed by atoms with Crippen LogP contribution in [0.1, 0.15) is 55.3 Å². The number of piperidine rings is 1. The Labute approximate surface area is 159 Å². The number of likely N-dealkylation sites (tertiary alicyclic amines) is 1. The number of halogens is 1. The maximum absolute atomic E-state index is 14.0. The highest BCUT2D eigenvalue weighted by Crippen LogP contribution is 2.19. The second-order valence-electron chi connectivity index (χ2n) is 7.36. The number of amides is 3. The van der Waals surface area contributed by atoms with Gasteiger partial charge in [0.1, 0.15) is 11.6 Å². The molecule has 2 fully saturated rings. The van der Waals surface area contributed by atoms with E-state index in [1.807, 2.05) is 4.90 Å². The highest BCUT2D eigenvalue weighted by atomic mass is 19.1. The normalized spacial score (nSPS) is 18.8. The Bertz CT molecular complexity index is 668. The van der Waals surface area contributed by atoms with Gasteiger partial charge in [-0.15, -0.1) is 0 Å². The number of hydrogen-bond acceptors (Lipinski definition) is 3. The lowest BCUT2D eigenvalue weighted by Gasteiger charge is -2.34. The third-order valence-electron chi connectivity index (χ3n) is 5.47. The molecule has 2 N–H and O–H groups in total. The molecule has 0 unspecified atom stereocenters. The molecule has 27 heavy (non-hydrogen) atoms. The van der Waals surface area contributed by atoms with Crippen molar-refractivity contribution in [2.75, 3.05) is 20.2 Å². The van der Waals surface area contributed by atoms with Crippen molar-refractivity contribution < 1.29 is 18.7 Å². The number of benzene rings is 1. The summed E-state index contributed by atoms with van der Waals surface area (Å²) >= 11 is 0. The van der Waals surface area contributed by atoms with E-state index < -0.39 is 11.7 Å². The fraction of sp³-hybridized carbons (Fsp3) is 0.600. The summed E-state index contributed by atoms with van der Waals surface area (Å²) < 4.78 is 19.0. The molecule has 7 heteroatoms. The lowest BCUT2D eigenvalue weighted by atomic mass is 9.95. The molecule has 0 aromatic heterocycles. The van der Waals surface area contributed by atoms with Gasteiger partial charge < -0.3 is 20.3 Å². The fourth-order valence-corrected chi connectivity index (χ4v) is 3.81. The molecule has 1 heterocycles. The van der Waals surface area contributed by atoms with Crippen molar-refractivity contribution in [3.8, 4) is 5.75 Å². The summed E-state index contributed by atoms with van der Waals surface area (Å²) in [6.07, 6.45) is 7.08. The zero-order valence-electron chi connectivity index (χ0n) is 15.8. The van der Waals surface area contributed by atoms with E-state index in [1.54, 1.807) is 6.07 Å². The molecule has 1 aliphatic carbocycles. The maximum Gasteiger partial charge on any atom is 0.317 e. The lowest BCUT2D eigenvalue weighted by molar-refractivity contribution is 0.0913. The maximum atomic E-state index is 14.0. The minimum Gasteiger partial charge on any atom is -0.497 e. The Balaban J connectivity index is 1.46. The number of methoxy groups -OCH3 is 1. The number of carbonyl (C=O) groups excluding carboxylic acids is 2. The van der Waals surface area contributed by atoms with E-state index in [0.29, 0.717) is 37.7 Å². The second-order valence-corrected chi connectivity index (χ2v) is 7.36. The van der Waals surface area contributed by atoms with Crippen LogP contribution in [0.2, 0.25) is 0 Å². The fourth-order valence-electron chi connectivity index (χ4n) is 3.81. The van der Waals surface area contributed by atoms with Crippen molar-refractivity contribution in [2.24, 2.45) is 0 Å². The molecule has 0 bridgehead atoms. The molecular formula is C20H28FN3O3. The van der Waals surface area contributed by atoms with Gasteiger partial charge in [0.05, 0.1) is 12.7 Å². The minimum atomic E-state index is -0.601. The van der Waals surface area contributed by atoms with Crippen LogP contribution >= 0.6 is 0 Å². The molecule has 2 aliphatic rings. The van der Waals surface area contributed by atoms with Gasteiger partial charge in [0.25, 0.3) is 5.91 Å². The third-order valence-corrected chi connectivity index (χ3v) is 5.47. The lowest BCUT2D eigenvalue weighted by Crippen LogP contribution is -2.51. The van der Waals surface area contributed by atoms with Gasteiger partial charge in [-0.25, -0.2) is 9.18 Å². The first-order chi connectivity index (χ1) is 13.1. The van der Waals surface area contributed by atoms with E-state index >= 15 is 0 Å². The van der Waals surface area contributed by atoms with Crippen molar-refractivity contribution in [1.29, 1.82) is 0 Å². The molecule has 1 aromatic rings. The van der Waals surface area contributed by atoms with Gasteiger partial charge in [-0.05, 0) is 37.8 Å². The summed E-state index contributed by atoms with van der Waals surface area (Å²) in [5.74, 6) is -0.655. The number of ether oxygens (including phenoxy) is 1. The van der Waals surface area contributed by atoms with Gasteiger partial charge in [0.15, 0.2) is 0 Å². The van der Waals surface area contributed by atoms with Crippen LogP contribution in [0, 0.1) is 5.82 Å². The second kappa shape index (κ2) is 9.06. The van der Waals surface area contributed by atoms with Crippen LogP contribution in [0.3, 0.4) is 0 Å². The van der Waals surface area contributed by atoms with Crippen LogP contribution in [0.5, 0.6) is 5.75 Å². The summed E-state index contributed by atoms with van der Waals surface area (Å²) in [6, 6.07) is 4.42. The third kappa shape index (κ3) is 5.11. The average molecular weight is 377 g/mol. The molecule has 0 atom stereocenters. The highest BCUT2D eigenvalue weighted by Gasteiger charge is 2.26. The van der Waals surface area contributed by atoms with Gasteiger partial charge in [-0.1, -0.05) is 19.3 Å². The standard InChI is InChI=1S/C20H28FN3O3/c1-27-16-7-8-17(18(21)13-16)19(25)22-15-9-11-24(12-10-15)20(26)23-14-5-3-2-4-6-14/h7-8,13-15H,2-6,9-12H2,1H3,(H,22,25)(H,23,26). The number of urea groups is 1. The van der Waals surface area contributed by atoms with Gasteiger partial charge in [0, 0.05) is 31.2 Å². The number of rotatable bonds is 4. The molecule has 6 nitrogen and oxygen atoms in total. The summed E-state index contributed by atoms with van der Waals surface area (Å²) in [5, 5.41) is 6.00. The van der Waals surface area contributed by atoms with Crippen LogP contribution in [-0.4, -0.2) is 49.1 Å². The molecular weight excluding hydrogens is 349 g/mol. The monoisotopic (exact) mass is 377 g/mol. The van der Waals surface area contributed by atoms with Crippen LogP contribution in [0.4, 0.5) is 9.18 Å². The van der Waals surface area contributed by atoms with Crippen molar-refractivity contribution in [1.82, 2.24) is 15.5 Å². The first-order valence-corrected chi connectivity index (χ1v) is 9.76. The van der Waals surface area contributed by atoms with Crippen molar-refractivity contribution in [2.45, 2.75) is 57.0 Å². The number of hydrogen-bond donors (Lipinski definition) is 2. The SMILES string of the molecule is COc1ccc(C(=O)NC2CCN(C(=O)NC3CCCCC3)CC2)c(F)c1. The van der Waals surface area contributed by atoms with Gasteiger partial charge in [-0.3, -0.25) is 4.79 Å². The predicted molar refractivity (Wildman–Crippen MR) is 100 cm³/mol. The average Bonchev–Trinajstić information content (AvgIpc) is 2.69. The molecule has 1 aromatic carbocycles. The van der Waals surface area contributed by atoms with E-state index in [4.69, 9.17) is 4.74 Å². The molecule has 0 radical (unpaired) electrons. The van der Waals surface area contributed by atoms with E-state index in [1.165, 1.54) is 38.5 Å². The zero-order chi connectivity index (χ0) is 19.2.